The first-order valence-corrected chi connectivity index (χ1v) is 17.0. The molecule has 0 radical (unpaired) electrons. The molecule has 0 N–H and O–H groups in total. The van der Waals surface area contributed by atoms with Gasteiger partial charge in [0, 0.05) is 10.4 Å². The van der Waals surface area contributed by atoms with Gasteiger partial charge in [0.2, 0.25) is 0 Å². The Morgan fingerprint density at radius 1 is 1.02 bits per heavy atom. The van der Waals surface area contributed by atoms with E-state index < -0.39 is 0 Å². The van der Waals surface area contributed by atoms with E-state index in [0.29, 0.717) is 11.3 Å². The van der Waals surface area contributed by atoms with Crippen molar-refractivity contribution in [1.82, 2.24) is 9.55 Å². The van der Waals surface area contributed by atoms with E-state index in [9.17, 15) is 4.79 Å². The molecule has 1 saturated carbocycles. The Hall–Kier alpha value is -1.68. The molecule has 4 rings (SSSR count). The van der Waals surface area contributed by atoms with Crippen LogP contribution in [0.2, 0.25) is 0 Å². The quantitative estimate of drug-likeness (QED) is 0.251. The maximum absolute atomic E-state index is 12.9. The number of allylic oxidation sites excluding steroid dienone is 4. The second-order valence-electron chi connectivity index (χ2n) is 12.9. The number of benzene rings is 1. The van der Waals surface area contributed by atoms with E-state index in [4.69, 9.17) is 0 Å². The average Bonchev–Trinajstić information content (AvgIpc) is 3.22. The molecule has 0 bridgehead atoms. The van der Waals surface area contributed by atoms with Gasteiger partial charge < -0.3 is 4.57 Å². The molecule has 0 saturated heterocycles. The second-order valence-corrected chi connectivity index (χ2v) is 13.8. The van der Waals surface area contributed by atoms with Crippen LogP contribution < -0.4 is 5.56 Å². The van der Waals surface area contributed by atoms with E-state index in [-0.39, 0.29) is 17.5 Å². The zero-order valence-corrected chi connectivity index (χ0v) is 28.2. The highest BCUT2D eigenvalue weighted by Gasteiger charge is 2.26. The summed E-state index contributed by atoms with van der Waals surface area (Å²) in [7, 11) is 0. The molecule has 222 valence electrons. The van der Waals surface area contributed by atoms with Crippen molar-refractivity contribution in [1.29, 1.82) is 0 Å². The van der Waals surface area contributed by atoms with E-state index in [1.54, 1.807) is 0 Å². The molecule has 4 heteroatoms. The largest absolute Gasteiger partial charge is 0.321 e. The normalized spacial score (nSPS) is 24.2. The summed E-state index contributed by atoms with van der Waals surface area (Å²) >= 11 is 3.60. The molecule has 2 aromatic rings. The van der Waals surface area contributed by atoms with Gasteiger partial charge in [0.15, 0.2) is 0 Å². The van der Waals surface area contributed by atoms with E-state index in [1.165, 1.54) is 62.5 Å². The minimum Gasteiger partial charge on any atom is -0.321 e. The molecule has 0 spiro atoms. The molecule has 0 amide bonds. The van der Waals surface area contributed by atoms with Crippen LogP contribution in [0.4, 0.5) is 0 Å². The number of nitrogens with zero attached hydrogens (tertiary/aromatic N) is 2. The lowest BCUT2D eigenvalue weighted by molar-refractivity contribution is 0.457. The lowest BCUT2D eigenvalue weighted by atomic mass is 9.83. The average molecular weight is 612 g/mol. The summed E-state index contributed by atoms with van der Waals surface area (Å²) in [6, 6.07) is 6.24. The lowest BCUT2D eigenvalue weighted by Gasteiger charge is -2.31. The predicted molar refractivity (Wildman–Crippen MR) is 177 cm³/mol. The van der Waals surface area contributed by atoms with Crippen molar-refractivity contribution in [2.45, 2.75) is 132 Å². The fourth-order valence-corrected chi connectivity index (χ4v) is 7.39. The van der Waals surface area contributed by atoms with Crippen LogP contribution in [0, 0.1) is 23.7 Å². The molecule has 2 aliphatic carbocycles. The van der Waals surface area contributed by atoms with Crippen molar-refractivity contribution < 1.29 is 0 Å². The Bertz CT molecular complexity index is 1220. The standard InChI is InChI=1S/C28H39BrN2O.C8H16/c1-6-9-10-13-21(12-7-2)22-16-17-24(20(5)18-22)31-25-15-11-14-23(29)26(25)28(32)30-27(31)19(4)8-3;1-6-4-7(2)8(3)5-6/h11,14-16,18-19,21,24H,6-10,12-13,17H2,1-5H3;6-8H,4-5H2,1-3H3/t;6?,7-,8?/m.0/s1. The Morgan fingerprint density at radius 2 is 1.73 bits per heavy atom. The third-order valence-corrected chi connectivity index (χ3v) is 10.2. The van der Waals surface area contributed by atoms with Crippen LogP contribution in [-0.4, -0.2) is 9.55 Å². The van der Waals surface area contributed by atoms with Crippen molar-refractivity contribution >= 4 is 26.8 Å². The van der Waals surface area contributed by atoms with Gasteiger partial charge in [-0.25, -0.2) is 0 Å². The molecule has 1 heterocycles. The van der Waals surface area contributed by atoms with Gasteiger partial charge >= 0.3 is 0 Å². The first kappa shape index (κ1) is 32.8. The first-order chi connectivity index (χ1) is 19.1. The van der Waals surface area contributed by atoms with Crippen LogP contribution in [0.15, 0.2) is 50.8 Å². The molecule has 6 atom stereocenters. The molecule has 1 aromatic carbocycles. The smallest absolute Gasteiger partial charge is 0.281 e. The van der Waals surface area contributed by atoms with Crippen LogP contribution in [0.1, 0.15) is 137 Å². The van der Waals surface area contributed by atoms with E-state index in [0.717, 1.165) is 46.4 Å². The molecule has 1 fully saturated rings. The van der Waals surface area contributed by atoms with Crippen LogP contribution in [0.25, 0.3) is 10.9 Å². The highest BCUT2D eigenvalue weighted by Crippen LogP contribution is 2.38. The fourth-order valence-electron chi connectivity index (χ4n) is 6.86. The third-order valence-electron chi connectivity index (χ3n) is 9.57. The second kappa shape index (κ2) is 15.5. The van der Waals surface area contributed by atoms with Crippen LogP contribution in [0.5, 0.6) is 0 Å². The summed E-state index contributed by atoms with van der Waals surface area (Å²) in [6.07, 6.45) is 17.4. The Labute approximate surface area is 253 Å². The van der Waals surface area contributed by atoms with Gasteiger partial charge in [-0.2, -0.15) is 4.98 Å². The summed E-state index contributed by atoms with van der Waals surface area (Å²) in [5, 5.41) is 0.686. The van der Waals surface area contributed by atoms with Crippen molar-refractivity contribution in [3.63, 3.8) is 0 Å². The van der Waals surface area contributed by atoms with E-state index in [2.05, 4.69) is 99.1 Å². The molecular formula is C36H55BrN2O. The summed E-state index contributed by atoms with van der Waals surface area (Å²) in [5.74, 6) is 4.78. The summed E-state index contributed by atoms with van der Waals surface area (Å²) in [5.41, 5.74) is 3.74. The fraction of sp³-hybridized carbons (Fsp3) is 0.667. The Kier molecular flexibility index (Phi) is 12.7. The zero-order valence-electron chi connectivity index (χ0n) is 26.6. The van der Waals surface area contributed by atoms with Gasteiger partial charge in [0.05, 0.1) is 16.9 Å². The number of unbranched alkanes of at least 4 members (excludes halogenated alkanes) is 2. The van der Waals surface area contributed by atoms with Crippen molar-refractivity contribution in [2.24, 2.45) is 23.7 Å². The van der Waals surface area contributed by atoms with Crippen LogP contribution in [0.3, 0.4) is 0 Å². The molecule has 0 aliphatic heterocycles. The molecule has 40 heavy (non-hydrogen) atoms. The molecule has 5 unspecified atom stereocenters. The molecule has 1 aromatic heterocycles. The molecular weight excluding hydrogens is 556 g/mol. The minimum atomic E-state index is -0.133. The highest BCUT2D eigenvalue weighted by molar-refractivity contribution is 9.10. The number of hydrogen-bond acceptors (Lipinski definition) is 2. The Morgan fingerprint density at radius 3 is 2.27 bits per heavy atom. The van der Waals surface area contributed by atoms with E-state index >= 15 is 0 Å². The SMILES string of the molecule is CC1CC(C)[C@@H](C)C1.CCCCCC(CCC)C1=CCC(n2c(C(C)CC)nc(=O)c3c(Br)cccc32)C(C)=C1. The minimum absolute atomic E-state index is 0.133. The first-order valence-electron chi connectivity index (χ1n) is 16.2. The third kappa shape index (κ3) is 7.99. The van der Waals surface area contributed by atoms with Crippen LogP contribution in [-0.2, 0) is 0 Å². The maximum atomic E-state index is 12.9. The van der Waals surface area contributed by atoms with Gasteiger partial charge in [-0.05, 0) is 108 Å². The van der Waals surface area contributed by atoms with E-state index in [1.807, 2.05) is 12.1 Å². The molecule has 3 nitrogen and oxygen atoms in total. The van der Waals surface area contributed by atoms with Gasteiger partial charge in [-0.1, -0.05) is 92.4 Å². The number of aromatic nitrogens is 2. The highest BCUT2D eigenvalue weighted by atomic mass is 79.9. The molecule has 2 aliphatic rings. The number of rotatable bonds is 10. The Balaban J connectivity index is 0.000000472. The monoisotopic (exact) mass is 610 g/mol. The summed E-state index contributed by atoms with van der Waals surface area (Å²) < 4.78 is 3.17. The van der Waals surface area contributed by atoms with Gasteiger partial charge in [-0.3, -0.25) is 4.79 Å². The predicted octanol–water partition coefficient (Wildman–Crippen LogP) is 11.2. The summed E-state index contributed by atoms with van der Waals surface area (Å²) in [4.78, 5) is 17.5. The zero-order chi connectivity index (χ0) is 29.4. The van der Waals surface area contributed by atoms with Crippen molar-refractivity contribution in [2.75, 3.05) is 0 Å². The van der Waals surface area contributed by atoms with Crippen LogP contribution >= 0.6 is 15.9 Å². The van der Waals surface area contributed by atoms with Gasteiger partial charge in [0.1, 0.15) is 5.82 Å². The maximum Gasteiger partial charge on any atom is 0.281 e. The number of halogens is 1. The summed E-state index contributed by atoms with van der Waals surface area (Å²) in [6.45, 7) is 18.3. The van der Waals surface area contributed by atoms with Gasteiger partial charge in [0.25, 0.3) is 5.56 Å². The van der Waals surface area contributed by atoms with Gasteiger partial charge in [-0.15, -0.1) is 0 Å². The number of hydrogen-bond donors (Lipinski definition) is 0. The lowest BCUT2D eigenvalue weighted by Crippen LogP contribution is -2.25. The van der Waals surface area contributed by atoms with Crippen molar-refractivity contribution in [3.05, 3.63) is 62.1 Å². The topological polar surface area (TPSA) is 34.9 Å². The number of fused-ring (bicyclic) bond motifs is 1. The van der Waals surface area contributed by atoms with Crippen molar-refractivity contribution in [3.8, 4) is 0 Å².